The maximum Gasteiger partial charge on any atom is 0.246 e. The highest BCUT2D eigenvalue weighted by molar-refractivity contribution is 5.93. The summed E-state index contributed by atoms with van der Waals surface area (Å²) in [6.07, 6.45) is 8.97. The van der Waals surface area contributed by atoms with Crippen LogP contribution in [0.5, 0.6) is 0 Å². The van der Waals surface area contributed by atoms with Crippen molar-refractivity contribution in [2.24, 2.45) is 0 Å². The van der Waals surface area contributed by atoms with E-state index >= 15 is 0 Å². The van der Waals surface area contributed by atoms with Crippen LogP contribution in [0, 0.1) is 6.92 Å². The van der Waals surface area contributed by atoms with Gasteiger partial charge in [-0.15, -0.1) is 0 Å². The Bertz CT molecular complexity index is 1390. The van der Waals surface area contributed by atoms with E-state index in [2.05, 4.69) is 28.7 Å². The van der Waals surface area contributed by atoms with E-state index in [0.29, 0.717) is 13.1 Å². The zero-order valence-corrected chi connectivity index (χ0v) is 21.5. The lowest BCUT2D eigenvalue weighted by Gasteiger charge is -2.35. The average molecular weight is 494 g/mol. The van der Waals surface area contributed by atoms with E-state index in [4.69, 9.17) is 10.1 Å². The molecule has 1 amide bonds. The van der Waals surface area contributed by atoms with Gasteiger partial charge in [-0.1, -0.05) is 32.0 Å². The molecule has 8 heteroatoms. The number of rotatable bonds is 6. The summed E-state index contributed by atoms with van der Waals surface area (Å²) in [5, 5.41) is 4.79. The van der Waals surface area contributed by atoms with Gasteiger partial charge >= 0.3 is 0 Å². The zero-order valence-electron chi connectivity index (χ0n) is 21.5. The summed E-state index contributed by atoms with van der Waals surface area (Å²) in [7, 11) is 0. The Morgan fingerprint density at radius 1 is 1.00 bits per heavy atom. The minimum Gasteiger partial charge on any atom is -0.353 e. The number of nitrogens with zero attached hydrogens (tertiary/aromatic N) is 7. The molecule has 5 rings (SSSR count). The molecule has 8 nitrogen and oxygen atoms in total. The van der Waals surface area contributed by atoms with Crippen LogP contribution in [0.25, 0.3) is 23.0 Å². The van der Waals surface area contributed by atoms with Gasteiger partial charge in [-0.2, -0.15) is 5.10 Å². The first-order chi connectivity index (χ1) is 18.0. The lowest BCUT2D eigenvalue weighted by atomic mass is 10.1. The fourth-order valence-corrected chi connectivity index (χ4v) is 4.37. The summed E-state index contributed by atoms with van der Waals surface area (Å²) < 4.78 is 1.83. The monoisotopic (exact) mass is 493 g/mol. The highest BCUT2D eigenvalue weighted by atomic mass is 16.2. The quantitative estimate of drug-likeness (QED) is 0.368. The maximum absolute atomic E-state index is 13.1. The third-order valence-electron chi connectivity index (χ3n) is 6.39. The fraction of sp³-hybridized carbons (Fsp3) is 0.276. The summed E-state index contributed by atoms with van der Waals surface area (Å²) in [5.41, 5.74) is 4.47. The van der Waals surface area contributed by atoms with E-state index in [9.17, 15) is 4.79 Å². The van der Waals surface area contributed by atoms with Gasteiger partial charge in [0.1, 0.15) is 17.3 Å². The summed E-state index contributed by atoms with van der Waals surface area (Å²) in [4.78, 5) is 30.8. The second-order valence-corrected chi connectivity index (χ2v) is 9.48. The van der Waals surface area contributed by atoms with Gasteiger partial charge in [0.25, 0.3) is 0 Å². The van der Waals surface area contributed by atoms with Crippen molar-refractivity contribution in [3.63, 3.8) is 0 Å². The molecule has 1 aliphatic heterocycles. The molecule has 1 aromatic carbocycles. The number of aromatic nitrogens is 5. The van der Waals surface area contributed by atoms with Crippen LogP contribution in [-0.2, 0) is 4.79 Å². The Labute approximate surface area is 217 Å². The first-order valence-corrected chi connectivity index (χ1v) is 12.6. The van der Waals surface area contributed by atoms with Crippen LogP contribution >= 0.6 is 0 Å². The number of anilines is 1. The third-order valence-corrected chi connectivity index (χ3v) is 6.39. The van der Waals surface area contributed by atoms with E-state index in [1.54, 1.807) is 18.5 Å². The molecule has 0 radical (unpaired) electrons. The van der Waals surface area contributed by atoms with Crippen molar-refractivity contribution in [2.75, 3.05) is 31.1 Å². The molecule has 1 aliphatic rings. The highest BCUT2D eigenvalue weighted by Crippen LogP contribution is 2.24. The summed E-state index contributed by atoms with van der Waals surface area (Å²) in [6.45, 7) is 8.96. The molecule has 188 valence electrons. The number of aryl methyl sites for hydroxylation is 1. The van der Waals surface area contributed by atoms with Crippen molar-refractivity contribution < 1.29 is 4.79 Å². The SMILES string of the molecule is Cc1cc(N2CCN(C(=O)/C=C/c3cn(-c4ccccc4)nc3-c3cccnc3)CC2)nc(C(C)C)n1. The summed E-state index contributed by atoms with van der Waals surface area (Å²) in [6, 6.07) is 15.8. The standard InChI is InChI=1S/C29H31N7O/c1-21(2)29-31-22(3)18-26(32-29)34-14-16-35(17-15-34)27(37)12-11-24-20-36(25-9-5-4-6-10-25)33-28(24)23-8-7-13-30-19-23/h4-13,18-21H,14-17H2,1-3H3/b12-11+. The van der Waals surface area contributed by atoms with E-state index in [1.807, 2.05) is 77.3 Å². The van der Waals surface area contributed by atoms with E-state index in [0.717, 1.165) is 52.9 Å². The molecular weight excluding hydrogens is 462 g/mol. The highest BCUT2D eigenvalue weighted by Gasteiger charge is 2.22. The van der Waals surface area contributed by atoms with Crippen molar-refractivity contribution in [2.45, 2.75) is 26.7 Å². The van der Waals surface area contributed by atoms with Gasteiger partial charge in [0.05, 0.1) is 5.69 Å². The van der Waals surface area contributed by atoms with Crippen LogP contribution in [0.2, 0.25) is 0 Å². The minimum absolute atomic E-state index is 0.00835. The number of carbonyl (C=O) groups is 1. The van der Waals surface area contributed by atoms with Crippen LogP contribution < -0.4 is 4.90 Å². The van der Waals surface area contributed by atoms with Crippen LogP contribution in [0.15, 0.2) is 73.2 Å². The van der Waals surface area contributed by atoms with E-state index < -0.39 is 0 Å². The second-order valence-electron chi connectivity index (χ2n) is 9.48. The summed E-state index contributed by atoms with van der Waals surface area (Å²) >= 11 is 0. The predicted octanol–water partition coefficient (Wildman–Crippen LogP) is 4.52. The molecule has 3 aromatic heterocycles. The Balaban J connectivity index is 1.31. The predicted molar refractivity (Wildman–Crippen MR) is 145 cm³/mol. The van der Waals surface area contributed by atoms with E-state index in [1.165, 1.54) is 0 Å². The molecule has 0 N–H and O–H groups in total. The number of piperazine rings is 1. The lowest BCUT2D eigenvalue weighted by Crippen LogP contribution is -2.48. The molecule has 0 unspecified atom stereocenters. The summed E-state index contributed by atoms with van der Waals surface area (Å²) in [5.74, 6) is 2.06. The number of pyridine rings is 1. The van der Waals surface area contributed by atoms with Crippen molar-refractivity contribution >= 4 is 17.8 Å². The van der Waals surface area contributed by atoms with Gasteiger partial charge in [-0.3, -0.25) is 9.78 Å². The molecule has 37 heavy (non-hydrogen) atoms. The normalized spacial score (nSPS) is 14.1. The molecule has 0 saturated carbocycles. The van der Waals surface area contributed by atoms with Crippen LogP contribution in [0.1, 0.15) is 36.8 Å². The molecule has 0 bridgehead atoms. The van der Waals surface area contributed by atoms with Crippen LogP contribution in [0.4, 0.5) is 5.82 Å². The minimum atomic E-state index is -0.00835. The Morgan fingerprint density at radius 2 is 1.78 bits per heavy atom. The van der Waals surface area contributed by atoms with Crippen molar-refractivity contribution in [3.8, 4) is 16.9 Å². The second kappa shape index (κ2) is 10.7. The van der Waals surface area contributed by atoms with Gasteiger partial charge in [-0.05, 0) is 37.3 Å². The van der Waals surface area contributed by atoms with Gasteiger partial charge in [0.2, 0.25) is 5.91 Å². The number of carbonyl (C=O) groups excluding carboxylic acids is 1. The van der Waals surface area contributed by atoms with Gasteiger partial charge in [0, 0.05) is 79.7 Å². The van der Waals surface area contributed by atoms with E-state index in [-0.39, 0.29) is 11.8 Å². The molecule has 0 spiro atoms. The van der Waals surface area contributed by atoms with Crippen molar-refractivity contribution in [1.29, 1.82) is 0 Å². The topological polar surface area (TPSA) is 80.0 Å². The van der Waals surface area contributed by atoms with Crippen LogP contribution in [-0.4, -0.2) is 61.7 Å². The van der Waals surface area contributed by atoms with Gasteiger partial charge in [-0.25, -0.2) is 14.6 Å². The van der Waals surface area contributed by atoms with Crippen LogP contribution in [0.3, 0.4) is 0 Å². The molecule has 1 fully saturated rings. The maximum atomic E-state index is 13.1. The Morgan fingerprint density at radius 3 is 2.49 bits per heavy atom. The molecule has 1 saturated heterocycles. The smallest absolute Gasteiger partial charge is 0.246 e. The third kappa shape index (κ3) is 5.58. The zero-order chi connectivity index (χ0) is 25.8. The fourth-order valence-electron chi connectivity index (χ4n) is 4.37. The number of amides is 1. The molecule has 4 heterocycles. The Hall–Kier alpha value is -4.33. The largest absolute Gasteiger partial charge is 0.353 e. The van der Waals surface area contributed by atoms with Gasteiger partial charge in [0.15, 0.2) is 0 Å². The van der Waals surface area contributed by atoms with Crippen molar-refractivity contribution in [3.05, 3.63) is 90.3 Å². The molecule has 4 aromatic rings. The molecular formula is C29H31N7O. The number of para-hydroxylation sites is 1. The molecule has 0 atom stereocenters. The molecule has 0 aliphatic carbocycles. The number of benzene rings is 1. The van der Waals surface area contributed by atoms with Crippen molar-refractivity contribution in [1.82, 2.24) is 29.6 Å². The Kier molecular flexibility index (Phi) is 7.07. The number of hydrogen-bond donors (Lipinski definition) is 0. The lowest BCUT2D eigenvalue weighted by molar-refractivity contribution is -0.126. The first-order valence-electron chi connectivity index (χ1n) is 12.6. The average Bonchev–Trinajstić information content (AvgIpc) is 3.37. The van der Waals surface area contributed by atoms with Gasteiger partial charge < -0.3 is 9.80 Å². The number of hydrogen-bond acceptors (Lipinski definition) is 6. The first kappa shape index (κ1) is 24.4.